The van der Waals surface area contributed by atoms with Crippen molar-refractivity contribution < 1.29 is 24.2 Å². The van der Waals surface area contributed by atoms with Crippen LogP contribution in [0.2, 0.25) is 0 Å². The SMILES string of the molecule is CC(CNC(=O)C1(CNC(=O)OCC2c3ccccc3-c3ccccc32)CC1)CC(=O)O. The Morgan fingerprint density at radius 2 is 1.62 bits per heavy atom. The molecule has 3 N–H and O–H groups in total. The lowest BCUT2D eigenvalue weighted by molar-refractivity contribution is -0.138. The molecule has 0 spiro atoms. The highest BCUT2D eigenvalue weighted by Gasteiger charge is 2.50. The maximum absolute atomic E-state index is 12.5. The Balaban J connectivity index is 1.28. The van der Waals surface area contributed by atoms with Gasteiger partial charge in [-0.1, -0.05) is 55.5 Å². The quantitative estimate of drug-likeness (QED) is 0.558. The average molecular weight is 437 g/mol. The zero-order valence-electron chi connectivity index (χ0n) is 18.1. The normalized spacial score (nSPS) is 16.4. The van der Waals surface area contributed by atoms with E-state index in [1.165, 1.54) is 11.1 Å². The van der Waals surface area contributed by atoms with Crippen LogP contribution in [0.4, 0.5) is 4.79 Å². The number of fused-ring (bicyclic) bond motifs is 3. The molecule has 2 aliphatic carbocycles. The van der Waals surface area contributed by atoms with E-state index in [1.54, 1.807) is 6.92 Å². The first-order chi connectivity index (χ1) is 15.4. The van der Waals surface area contributed by atoms with Crippen LogP contribution in [-0.2, 0) is 14.3 Å². The van der Waals surface area contributed by atoms with Gasteiger partial charge in [-0.15, -0.1) is 0 Å². The van der Waals surface area contributed by atoms with Crippen molar-refractivity contribution in [3.63, 3.8) is 0 Å². The smallest absolute Gasteiger partial charge is 0.407 e. The van der Waals surface area contributed by atoms with Gasteiger partial charge in [-0.25, -0.2) is 4.79 Å². The fourth-order valence-electron chi connectivity index (χ4n) is 4.35. The van der Waals surface area contributed by atoms with Gasteiger partial charge in [0.1, 0.15) is 6.61 Å². The molecule has 2 amide bonds. The second-order valence-electron chi connectivity index (χ2n) is 8.87. The minimum absolute atomic E-state index is 0.00524. The third-order valence-electron chi connectivity index (χ3n) is 6.38. The number of benzene rings is 2. The molecular formula is C25H28N2O5. The summed E-state index contributed by atoms with van der Waals surface area (Å²) in [6, 6.07) is 16.3. The van der Waals surface area contributed by atoms with E-state index in [-0.39, 0.29) is 37.3 Å². The van der Waals surface area contributed by atoms with Gasteiger partial charge in [0, 0.05) is 25.4 Å². The molecule has 7 nitrogen and oxygen atoms in total. The van der Waals surface area contributed by atoms with Crippen molar-refractivity contribution in [2.24, 2.45) is 11.3 Å². The van der Waals surface area contributed by atoms with Gasteiger partial charge in [0.15, 0.2) is 0 Å². The highest BCUT2D eigenvalue weighted by atomic mass is 16.5. The van der Waals surface area contributed by atoms with Crippen molar-refractivity contribution in [1.82, 2.24) is 10.6 Å². The number of nitrogens with one attached hydrogen (secondary N) is 2. The Morgan fingerprint density at radius 1 is 1.03 bits per heavy atom. The summed E-state index contributed by atoms with van der Waals surface area (Å²) in [5.41, 5.74) is 4.02. The third-order valence-corrected chi connectivity index (χ3v) is 6.38. The Morgan fingerprint density at radius 3 is 2.19 bits per heavy atom. The van der Waals surface area contributed by atoms with Crippen LogP contribution in [0.5, 0.6) is 0 Å². The summed E-state index contributed by atoms with van der Waals surface area (Å²) in [6.45, 7) is 2.52. The molecule has 0 heterocycles. The van der Waals surface area contributed by atoms with Crippen LogP contribution >= 0.6 is 0 Å². The number of carbonyl (C=O) groups excluding carboxylic acids is 2. The number of amides is 2. The molecule has 1 atom stereocenters. The number of carbonyl (C=O) groups is 3. The van der Waals surface area contributed by atoms with Gasteiger partial charge in [-0.05, 0) is 41.0 Å². The van der Waals surface area contributed by atoms with Crippen LogP contribution in [-0.4, -0.2) is 42.8 Å². The molecule has 1 fully saturated rings. The molecule has 0 aromatic heterocycles. The van der Waals surface area contributed by atoms with E-state index in [1.807, 2.05) is 24.3 Å². The Hall–Kier alpha value is -3.35. The fourth-order valence-corrected chi connectivity index (χ4v) is 4.35. The molecule has 4 rings (SSSR count). The number of alkyl carbamates (subject to hydrolysis) is 1. The van der Waals surface area contributed by atoms with E-state index in [4.69, 9.17) is 9.84 Å². The first-order valence-corrected chi connectivity index (χ1v) is 11.0. The Bertz CT molecular complexity index is 985. The molecule has 168 valence electrons. The monoisotopic (exact) mass is 436 g/mol. The summed E-state index contributed by atoms with van der Waals surface area (Å²) in [5.74, 6) is -1.19. The average Bonchev–Trinajstić information content (AvgIpc) is 3.51. The second kappa shape index (κ2) is 9.02. The maximum Gasteiger partial charge on any atom is 0.407 e. The van der Waals surface area contributed by atoms with E-state index < -0.39 is 17.5 Å². The molecule has 32 heavy (non-hydrogen) atoms. The maximum atomic E-state index is 12.5. The summed E-state index contributed by atoms with van der Waals surface area (Å²) >= 11 is 0. The number of hydrogen-bond acceptors (Lipinski definition) is 4. The molecule has 0 aliphatic heterocycles. The van der Waals surface area contributed by atoms with Crippen LogP contribution < -0.4 is 10.6 Å². The van der Waals surface area contributed by atoms with Crippen molar-refractivity contribution in [1.29, 1.82) is 0 Å². The van der Waals surface area contributed by atoms with Crippen LogP contribution in [0, 0.1) is 11.3 Å². The van der Waals surface area contributed by atoms with Gasteiger partial charge in [-0.2, -0.15) is 0 Å². The summed E-state index contributed by atoms with van der Waals surface area (Å²) < 4.78 is 5.54. The summed E-state index contributed by atoms with van der Waals surface area (Å²) in [5, 5.41) is 14.4. The topological polar surface area (TPSA) is 105 Å². The van der Waals surface area contributed by atoms with Crippen LogP contribution in [0.25, 0.3) is 11.1 Å². The van der Waals surface area contributed by atoms with Gasteiger partial charge in [-0.3, -0.25) is 9.59 Å². The molecule has 1 saturated carbocycles. The first kappa shape index (κ1) is 21.9. The molecule has 0 saturated heterocycles. The molecule has 0 bridgehead atoms. The van der Waals surface area contributed by atoms with Crippen LogP contribution in [0.1, 0.15) is 43.2 Å². The molecule has 2 aromatic rings. The lowest BCUT2D eigenvalue weighted by atomic mass is 9.98. The lowest BCUT2D eigenvalue weighted by Gasteiger charge is -2.19. The van der Waals surface area contributed by atoms with Gasteiger partial charge in [0.05, 0.1) is 5.41 Å². The molecule has 2 aliphatic rings. The summed E-state index contributed by atoms with van der Waals surface area (Å²) in [4.78, 5) is 35.7. The van der Waals surface area contributed by atoms with Crippen molar-refractivity contribution in [2.75, 3.05) is 19.7 Å². The van der Waals surface area contributed by atoms with E-state index in [9.17, 15) is 14.4 Å². The molecule has 1 unspecified atom stereocenters. The van der Waals surface area contributed by atoms with Crippen molar-refractivity contribution in [3.05, 3.63) is 59.7 Å². The predicted molar refractivity (Wildman–Crippen MR) is 119 cm³/mol. The molecule has 7 heteroatoms. The summed E-state index contributed by atoms with van der Waals surface area (Å²) in [7, 11) is 0. The number of rotatable bonds is 9. The van der Waals surface area contributed by atoms with Gasteiger partial charge in [0.25, 0.3) is 0 Å². The van der Waals surface area contributed by atoms with E-state index in [0.717, 1.165) is 11.1 Å². The van der Waals surface area contributed by atoms with Crippen molar-refractivity contribution in [3.8, 4) is 11.1 Å². The molecule has 0 radical (unpaired) electrons. The number of hydrogen-bond donors (Lipinski definition) is 3. The Kier molecular flexibility index (Phi) is 6.17. The fraction of sp³-hybridized carbons (Fsp3) is 0.400. The largest absolute Gasteiger partial charge is 0.481 e. The van der Waals surface area contributed by atoms with E-state index in [2.05, 4.69) is 34.9 Å². The zero-order chi connectivity index (χ0) is 22.7. The minimum atomic E-state index is -0.884. The van der Waals surface area contributed by atoms with Gasteiger partial charge in [0.2, 0.25) is 5.91 Å². The van der Waals surface area contributed by atoms with Crippen molar-refractivity contribution in [2.45, 2.75) is 32.1 Å². The van der Waals surface area contributed by atoms with Gasteiger partial charge >= 0.3 is 12.1 Å². The lowest BCUT2D eigenvalue weighted by Crippen LogP contribution is -2.42. The Labute approximate surface area is 187 Å². The first-order valence-electron chi connectivity index (χ1n) is 11.0. The zero-order valence-corrected chi connectivity index (χ0v) is 18.1. The van der Waals surface area contributed by atoms with Crippen molar-refractivity contribution >= 4 is 18.0 Å². The predicted octanol–water partition coefficient (Wildman–Crippen LogP) is 3.53. The van der Waals surface area contributed by atoms with E-state index >= 15 is 0 Å². The highest BCUT2D eigenvalue weighted by molar-refractivity contribution is 5.86. The number of carboxylic acids is 1. The standard InChI is InChI=1S/C25H28N2O5/c1-16(12-22(28)29)13-26-23(30)25(10-11-25)15-27-24(31)32-14-21-19-8-4-2-6-17(19)18-7-3-5-9-20(18)21/h2-9,16,21H,10-15H2,1H3,(H,26,30)(H,27,31)(H,28,29). The number of carboxylic acid groups (broad SMARTS) is 1. The number of aliphatic carboxylic acids is 1. The highest BCUT2D eigenvalue weighted by Crippen LogP contribution is 2.46. The minimum Gasteiger partial charge on any atom is -0.481 e. The molecule has 2 aromatic carbocycles. The van der Waals surface area contributed by atoms with Crippen LogP contribution in [0.3, 0.4) is 0 Å². The van der Waals surface area contributed by atoms with Crippen LogP contribution in [0.15, 0.2) is 48.5 Å². The third kappa shape index (κ3) is 4.61. The molecular weight excluding hydrogens is 408 g/mol. The van der Waals surface area contributed by atoms with Gasteiger partial charge < -0.3 is 20.5 Å². The summed E-state index contributed by atoms with van der Waals surface area (Å²) in [6.07, 6.45) is 0.849. The second-order valence-corrected chi connectivity index (χ2v) is 8.87. The van der Waals surface area contributed by atoms with E-state index in [0.29, 0.717) is 19.4 Å². The number of ether oxygens (including phenoxy) is 1.